The van der Waals surface area contributed by atoms with Crippen molar-refractivity contribution in [2.45, 2.75) is 12.5 Å². The molecule has 10 heavy (non-hydrogen) atoms. The third-order valence-electron chi connectivity index (χ3n) is 2.06. The van der Waals surface area contributed by atoms with E-state index in [1.807, 2.05) is 0 Å². The molecule has 1 rings (SSSR count). The van der Waals surface area contributed by atoms with Crippen molar-refractivity contribution >= 4 is 0 Å². The number of nitrogens with zero attached hydrogens (tertiary/aromatic N) is 2. The molecular weight excluding hydrogens is 126 g/mol. The molecule has 1 radical (unpaired) electrons. The molecule has 0 amide bonds. The topological polar surface area (TPSA) is 43.4 Å². The molecule has 0 aromatic heterocycles. The average molecular weight is 142 g/mol. The van der Waals surface area contributed by atoms with E-state index in [-0.39, 0.29) is 0 Å². The standard InChI is InChI=1S/C7H16N3/c1-10-4-2-3-9-6-7(10)5-8/h7H,2-6,8H2,1H3. The molecule has 1 aliphatic heterocycles. The quantitative estimate of drug-likeness (QED) is 0.523. The molecule has 1 unspecified atom stereocenters. The minimum Gasteiger partial charge on any atom is -0.329 e. The molecule has 0 saturated carbocycles. The van der Waals surface area contributed by atoms with Gasteiger partial charge in [-0.25, -0.2) is 5.32 Å². The summed E-state index contributed by atoms with van der Waals surface area (Å²) in [6.07, 6.45) is 1.19. The molecule has 0 aromatic carbocycles. The van der Waals surface area contributed by atoms with E-state index in [0.29, 0.717) is 6.04 Å². The number of likely N-dealkylation sites (N-methyl/N-ethyl adjacent to an activating group) is 1. The van der Waals surface area contributed by atoms with Crippen LogP contribution in [0.25, 0.3) is 0 Å². The van der Waals surface area contributed by atoms with Crippen molar-refractivity contribution in [2.75, 3.05) is 33.2 Å². The second-order valence-electron chi connectivity index (χ2n) is 2.85. The summed E-state index contributed by atoms with van der Waals surface area (Å²) in [5.41, 5.74) is 5.56. The summed E-state index contributed by atoms with van der Waals surface area (Å²) in [6, 6.07) is 0.488. The number of hydrogen-bond acceptors (Lipinski definition) is 2. The van der Waals surface area contributed by atoms with Crippen LogP contribution in [0.2, 0.25) is 0 Å². The van der Waals surface area contributed by atoms with Crippen LogP contribution in [-0.2, 0) is 0 Å². The van der Waals surface area contributed by atoms with E-state index in [2.05, 4.69) is 17.3 Å². The summed E-state index contributed by atoms with van der Waals surface area (Å²) < 4.78 is 0. The van der Waals surface area contributed by atoms with Crippen LogP contribution in [0.3, 0.4) is 0 Å². The first-order valence-electron chi connectivity index (χ1n) is 3.88. The van der Waals surface area contributed by atoms with Crippen LogP contribution in [0.15, 0.2) is 0 Å². The molecule has 0 aliphatic carbocycles. The molecule has 0 bridgehead atoms. The fraction of sp³-hybridized carbons (Fsp3) is 1.00. The lowest BCUT2D eigenvalue weighted by Gasteiger charge is -2.22. The van der Waals surface area contributed by atoms with Crippen molar-refractivity contribution in [3.63, 3.8) is 0 Å². The Kier molecular flexibility index (Phi) is 3.12. The molecule has 59 valence electrons. The molecule has 0 spiro atoms. The Balaban J connectivity index is 2.35. The van der Waals surface area contributed by atoms with Gasteiger partial charge in [0.1, 0.15) is 0 Å². The van der Waals surface area contributed by atoms with Gasteiger partial charge in [-0.05, 0) is 20.0 Å². The lowest BCUT2D eigenvalue weighted by molar-refractivity contribution is 0.263. The van der Waals surface area contributed by atoms with Crippen molar-refractivity contribution in [1.29, 1.82) is 0 Å². The second-order valence-corrected chi connectivity index (χ2v) is 2.85. The Hall–Kier alpha value is -0.120. The van der Waals surface area contributed by atoms with E-state index in [9.17, 15) is 0 Å². The van der Waals surface area contributed by atoms with Gasteiger partial charge >= 0.3 is 0 Å². The van der Waals surface area contributed by atoms with Crippen LogP contribution in [0.4, 0.5) is 0 Å². The highest BCUT2D eigenvalue weighted by Crippen LogP contribution is 1.99. The highest BCUT2D eigenvalue weighted by molar-refractivity contribution is 4.75. The molecule has 1 aliphatic rings. The van der Waals surface area contributed by atoms with Crippen LogP contribution >= 0.6 is 0 Å². The number of nitrogens with two attached hydrogens (primary N) is 1. The molecule has 0 aromatic rings. The van der Waals surface area contributed by atoms with Crippen molar-refractivity contribution in [1.82, 2.24) is 10.2 Å². The number of rotatable bonds is 1. The predicted octanol–water partition coefficient (Wildman–Crippen LogP) is -0.746. The van der Waals surface area contributed by atoms with Gasteiger partial charge in [0.2, 0.25) is 0 Å². The van der Waals surface area contributed by atoms with Crippen molar-refractivity contribution in [3.8, 4) is 0 Å². The maximum atomic E-state index is 5.56. The van der Waals surface area contributed by atoms with Gasteiger partial charge in [-0.3, -0.25) is 0 Å². The van der Waals surface area contributed by atoms with Crippen molar-refractivity contribution < 1.29 is 0 Å². The lowest BCUT2D eigenvalue weighted by Crippen LogP contribution is -2.41. The average Bonchev–Trinajstić information content (AvgIpc) is 2.13. The lowest BCUT2D eigenvalue weighted by atomic mass is 10.2. The fourth-order valence-corrected chi connectivity index (χ4v) is 1.25. The summed E-state index contributed by atoms with van der Waals surface area (Å²) in [5.74, 6) is 0. The second kappa shape index (κ2) is 3.91. The molecule has 2 N–H and O–H groups in total. The monoisotopic (exact) mass is 142 g/mol. The molecule has 1 fully saturated rings. The Morgan fingerprint density at radius 3 is 3.20 bits per heavy atom. The summed E-state index contributed by atoms with van der Waals surface area (Å²) in [6.45, 7) is 3.82. The first-order chi connectivity index (χ1) is 4.84. The summed E-state index contributed by atoms with van der Waals surface area (Å²) in [5, 5.41) is 4.35. The molecule has 1 heterocycles. The van der Waals surface area contributed by atoms with Gasteiger partial charge < -0.3 is 10.6 Å². The minimum atomic E-state index is 0.488. The Morgan fingerprint density at radius 2 is 2.50 bits per heavy atom. The zero-order valence-electron chi connectivity index (χ0n) is 6.58. The van der Waals surface area contributed by atoms with Crippen molar-refractivity contribution in [3.05, 3.63) is 0 Å². The van der Waals surface area contributed by atoms with Crippen LogP contribution in [0.5, 0.6) is 0 Å². The van der Waals surface area contributed by atoms with Crippen LogP contribution < -0.4 is 11.1 Å². The van der Waals surface area contributed by atoms with Gasteiger partial charge in [-0.15, -0.1) is 0 Å². The maximum absolute atomic E-state index is 5.56. The van der Waals surface area contributed by atoms with Crippen LogP contribution in [0, 0.1) is 0 Å². The van der Waals surface area contributed by atoms with Gasteiger partial charge in [-0.2, -0.15) is 0 Å². The largest absolute Gasteiger partial charge is 0.329 e. The van der Waals surface area contributed by atoms with Gasteiger partial charge in [0.15, 0.2) is 0 Å². The van der Waals surface area contributed by atoms with E-state index in [0.717, 1.165) is 26.2 Å². The zero-order chi connectivity index (χ0) is 7.40. The molecule has 3 heteroatoms. The highest BCUT2D eigenvalue weighted by atomic mass is 15.2. The van der Waals surface area contributed by atoms with Gasteiger partial charge in [-0.1, -0.05) is 0 Å². The molecule has 1 atom stereocenters. The smallest absolute Gasteiger partial charge is 0.0356 e. The maximum Gasteiger partial charge on any atom is 0.0356 e. The third-order valence-corrected chi connectivity index (χ3v) is 2.06. The SMILES string of the molecule is CN1CCC[N]CC1CN. The van der Waals surface area contributed by atoms with E-state index in [4.69, 9.17) is 5.73 Å². The van der Waals surface area contributed by atoms with Crippen molar-refractivity contribution in [2.24, 2.45) is 5.73 Å². The first kappa shape index (κ1) is 7.98. The van der Waals surface area contributed by atoms with E-state index in [1.165, 1.54) is 6.42 Å². The Labute approximate surface area is 62.6 Å². The van der Waals surface area contributed by atoms with Gasteiger partial charge in [0, 0.05) is 25.7 Å². The Morgan fingerprint density at radius 1 is 1.70 bits per heavy atom. The van der Waals surface area contributed by atoms with Crippen LogP contribution in [-0.4, -0.2) is 44.2 Å². The van der Waals surface area contributed by atoms with E-state index < -0.39 is 0 Å². The fourth-order valence-electron chi connectivity index (χ4n) is 1.25. The van der Waals surface area contributed by atoms with E-state index in [1.54, 1.807) is 0 Å². The van der Waals surface area contributed by atoms with Gasteiger partial charge in [0.05, 0.1) is 0 Å². The van der Waals surface area contributed by atoms with Crippen LogP contribution in [0.1, 0.15) is 6.42 Å². The first-order valence-corrected chi connectivity index (χ1v) is 3.88. The normalized spacial score (nSPS) is 30.0. The summed E-state index contributed by atoms with van der Waals surface area (Å²) in [7, 11) is 2.12. The predicted molar refractivity (Wildman–Crippen MR) is 42.0 cm³/mol. The number of hydrogen-bond donors (Lipinski definition) is 1. The third kappa shape index (κ3) is 1.94. The van der Waals surface area contributed by atoms with E-state index >= 15 is 0 Å². The molecular formula is C7H16N3. The molecule has 1 saturated heterocycles. The highest BCUT2D eigenvalue weighted by Gasteiger charge is 2.15. The molecule has 3 nitrogen and oxygen atoms in total. The Bertz CT molecular complexity index is 94.9. The minimum absolute atomic E-state index is 0.488. The summed E-state index contributed by atoms with van der Waals surface area (Å²) in [4.78, 5) is 2.30. The summed E-state index contributed by atoms with van der Waals surface area (Å²) >= 11 is 0. The van der Waals surface area contributed by atoms with Gasteiger partial charge in [0.25, 0.3) is 0 Å². The zero-order valence-corrected chi connectivity index (χ0v) is 6.58.